The molecule has 0 amide bonds. The quantitative estimate of drug-likeness (QED) is 0.852. The molecule has 6 heteroatoms. The number of halogens is 1. The molecule has 1 aromatic heterocycles. The predicted molar refractivity (Wildman–Crippen MR) is 72.4 cm³/mol. The zero-order chi connectivity index (χ0) is 14.1. The molecule has 2 atom stereocenters. The lowest BCUT2D eigenvalue weighted by Crippen LogP contribution is -2.19. The van der Waals surface area contributed by atoms with Crippen molar-refractivity contribution in [3.8, 4) is 0 Å². The first kappa shape index (κ1) is 12.7. The van der Waals surface area contributed by atoms with Gasteiger partial charge < -0.3 is 5.73 Å². The molecule has 0 fully saturated rings. The van der Waals surface area contributed by atoms with Crippen molar-refractivity contribution in [2.75, 3.05) is 5.73 Å². The van der Waals surface area contributed by atoms with E-state index in [0.717, 1.165) is 0 Å². The van der Waals surface area contributed by atoms with Crippen molar-refractivity contribution in [1.82, 2.24) is 9.97 Å². The highest BCUT2D eigenvalue weighted by Crippen LogP contribution is 2.40. The highest BCUT2D eigenvalue weighted by molar-refractivity contribution is 5.34. The molecule has 1 aromatic carbocycles. The number of benzene rings is 1. The third kappa shape index (κ3) is 2.13. The van der Waals surface area contributed by atoms with Gasteiger partial charge in [0.2, 0.25) is 5.95 Å². The summed E-state index contributed by atoms with van der Waals surface area (Å²) in [6, 6.07) is 6.03. The van der Waals surface area contributed by atoms with Gasteiger partial charge in [-0.05, 0) is 30.4 Å². The first-order chi connectivity index (χ1) is 9.69. The van der Waals surface area contributed by atoms with Crippen molar-refractivity contribution < 1.29 is 4.39 Å². The van der Waals surface area contributed by atoms with E-state index in [4.69, 9.17) is 5.73 Å². The number of anilines is 1. The Morgan fingerprint density at radius 3 is 2.85 bits per heavy atom. The molecule has 102 valence electrons. The molecule has 5 nitrogen and oxygen atoms in total. The number of nitrogens with zero attached hydrogens (tertiary/aromatic N) is 3. The van der Waals surface area contributed by atoms with Gasteiger partial charge in [-0.25, -0.2) is 14.4 Å². The Kier molecular flexibility index (Phi) is 3.14. The predicted octanol–water partition coefficient (Wildman–Crippen LogP) is 2.74. The number of nitrogens with two attached hydrogens (primary N) is 1. The molecule has 0 aliphatic heterocycles. The molecule has 1 heterocycles. The van der Waals surface area contributed by atoms with Crippen LogP contribution in [0.2, 0.25) is 0 Å². The van der Waals surface area contributed by atoms with Crippen molar-refractivity contribution in [1.29, 1.82) is 0 Å². The average Bonchev–Trinajstić information content (AvgIpc) is 2.46. The van der Waals surface area contributed by atoms with Crippen LogP contribution in [-0.4, -0.2) is 9.97 Å². The highest BCUT2D eigenvalue weighted by Gasteiger charge is 2.31. The summed E-state index contributed by atoms with van der Waals surface area (Å²) < 4.78 is 13.9. The molecule has 20 heavy (non-hydrogen) atoms. The topological polar surface area (TPSA) is 81.2 Å². The summed E-state index contributed by atoms with van der Waals surface area (Å²) in [5.74, 6) is -0.240. The summed E-state index contributed by atoms with van der Waals surface area (Å²) in [5, 5.41) is 3.13. The molecule has 0 bridgehead atoms. The minimum absolute atomic E-state index is 0.124. The van der Waals surface area contributed by atoms with Gasteiger partial charge in [0.15, 0.2) is 0 Å². The van der Waals surface area contributed by atoms with Gasteiger partial charge >= 0.3 is 0 Å². The fraction of sp³-hybridized carbons (Fsp3) is 0.286. The van der Waals surface area contributed by atoms with Crippen LogP contribution in [0.3, 0.4) is 0 Å². The van der Waals surface area contributed by atoms with Crippen molar-refractivity contribution in [2.45, 2.75) is 24.8 Å². The summed E-state index contributed by atoms with van der Waals surface area (Å²) in [5.41, 5.74) is 7.54. The second-order valence-electron chi connectivity index (χ2n) is 4.91. The summed E-state index contributed by atoms with van der Waals surface area (Å²) >= 11 is 0. The van der Waals surface area contributed by atoms with Gasteiger partial charge in [0.05, 0.1) is 5.69 Å². The Balaban J connectivity index is 2.02. The maximum Gasteiger partial charge on any atom is 0.220 e. The van der Waals surface area contributed by atoms with Crippen LogP contribution in [0.5, 0.6) is 0 Å². The van der Waals surface area contributed by atoms with E-state index in [1.54, 1.807) is 24.4 Å². The Morgan fingerprint density at radius 2 is 2.10 bits per heavy atom. The molecule has 0 saturated heterocycles. The van der Waals surface area contributed by atoms with E-state index < -0.39 is 6.04 Å². The molecule has 0 saturated carbocycles. The summed E-state index contributed by atoms with van der Waals surface area (Å²) in [4.78, 5) is 19.1. The molecular formula is C14H13FN4O. The fourth-order valence-corrected chi connectivity index (χ4v) is 2.74. The van der Waals surface area contributed by atoms with Gasteiger partial charge in [-0.15, -0.1) is 0 Å². The zero-order valence-corrected chi connectivity index (χ0v) is 10.7. The largest absolute Gasteiger partial charge is 0.368 e. The minimum Gasteiger partial charge on any atom is -0.368 e. The van der Waals surface area contributed by atoms with Crippen molar-refractivity contribution in [2.24, 2.45) is 5.18 Å². The number of hydrogen-bond acceptors (Lipinski definition) is 5. The van der Waals surface area contributed by atoms with E-state index in [2.05, 4.69) is 15.1 Å². The smallest absolute Gasteiger partial charge is 0.220 e. The second kappa shape index (κ2) is 4.96. The van der Waals surface area contributed by atoms with E-state index in [1.807, 2.05) is 0 Å². The van der Waals surface area contributed by atoms with Gasteiger partial charge in [0.25, 0.3) is 0 Å². The molecule has 2 aromatic rings. The van der Waals surface area contributed by atoms with Crippen LogP contribution >= 0.6 is 0 Å². The van der Waals surface area contributed by atoms with Crippen LogP contribution in [0.1, 0.15) is 35.2 Å². The number of hydrogen-bond donors (Lipinski definition) is 1. The Bertz CT molecular complexity index is 661. The van der Waals surface area contributed by atoms with E-state index in [9.17, 15) is 9.30 Å². The first-order valence-electron chi connectivity index (χ1n) is 6.37. The van der Waals surface area contributed by atoms with Crippen LogP contribution in [0, 0.1) is 10.7 Å². The molecule has 3 rings (SSSR count). The lowest BCUT2D eigenvalue weighted by molar-refractivity contribution is 0.472. The van der Waals surface area contributed by atoms with Gasteiger partial charge in [-0.2, -0.15) is 4.91 Å². The maximum atomic E-state index is 13.9. The SMILES string of the molecule is Nc1ncc2c(n1)CC(c1ccccc1F)CC2N=O. The third-order valence-electron chi connectivity index (χ3n) is 3.70. The molecule has 0 spiro atoms. The van der Waals surface area contributed by atoms with E-state index in [-0.39, 0.29) is 17.7 Å². The Morgan fingerprint density at radius 1 is 1.30 bits per heavy atom. The van der Waals surface area contributed by atoms with Crippen molar-refractivity contribution in [3.63, 3.8) is 0 Å². The number of nitrogen functional groups attached to an aromatic ring is 1. The Labute approximate surface area is 115 Å². The number of rotatable bonds is 2. The third-order valence-corrected chi connectivity index (χ3v) is 3.70. The standard InChI is InChI=1S/C14H13FN4O/c15-11-4-2-1-3-9(11)8-5-12-10(13(6-8)19-20)7-17-14(16)18-12/h1-4,7-8,13H,5-6H2,(H2,16,17,18). The van der Waals surface area contributed by atoms with E-state index >= 15 is 0 Å². The fourth-order valence-electron chi connectivity index (χ4n) is 2.74. The van der Waals surface area contributed by atoms with Gasteiger partial charge in [-0.3, -0.25) is 0 Å². The first-order valence-corrected chi connectivity index (χ1v) is 6.37. The number of fused-ring (bicyclic) bond motifs is 1. The van der Waals surface area contributed by atoms with Gasteiger partial charge in [-0.1, -0.05) is 23.4 Å². The summed E-state index contributed by atoms with van der Waals surface area (Å²) in [6.07, 6.45) is 2.54. The number of aromatic nitrogens is 2. The van der Waals surface area contributed by atoms with Crippen LogP contribution < -0.4 is 5.73 Å². The highest BCUT2D eigenvalue weighted by atomic mass is 19.1. The van der Waals surface area contributed by atoms with Crippen molar-refractivity contribution >= 4 is 5.95 Å². The maximum absolute atomic E-state index is 13.9. The normalized spacial score (nSPS) is 21.2. The minimum atomic E-state index is -0.552. The van der Waals surface area contributed by atoms with Crippen LogP contribution in [0.15, 0.2) is 35.6 Å². The average molecular weight is 272 g/mol. The molecule has 1 aliphatic rings. The lowest BCUT2D eigenvalue weighted by Gasteiger charge is -2.27. The van der Waals surface area contributed by atoms with Gasteiger partial charge in [0.1, 0.15) is 11.9 Å². The zero-order valence-electron chi connectivity index (χ0n) is 10.7. The monoisotopic (exact) mass is 272 g/mol. The number of nitroso groups, excluding NO2 is 1. The summed E-state index contributed by atoms with van der Waals surface area (Å²) in [7, 11) is 0. The second-order valence-corrected chi connectivity index (χ2v) is 4.91. The molecule has 0 radical (unpaired) electrons. The van der Waals surface area contributed by atoms with Crippen LogP contribution in [-0.2, 0) is 6.42 Å². The molecule has 2 unspecified atom stereocenters. The Hall–Kier alpha value is -2.37. The lowest BCUT2D eigenvalue weighted by atomic mass is 9.80. The molecule has 2 N–H and O–H groups in total. The van der Waals surface area contributed by atoms with E-state index in [1.165, 1.54) is 6.07 Å². The van der Waals surface area contributed by atoms with Crippen molar-refractivity contribution in [3.05, 3.63) is 58.0 Å². The van der Waals surface area contributed by atoms with Crippen LogP contribution in [0.4, 0.5) is 10.3 Å². The van der Waals surface area contributed by atoms with E-state index in [0.29, 0.717) is 29.7 Å². The molecule has 1 aliphatic carbocycles. The van der Waals surface area contributed by atoms with Crippen LogP contribution in [0.25, 0.3) is 0 Å². The molecular weight excluding hydrogens is 259 g/mol. The summed E-state index contributed by atoms with van der Waals surface area (Å²) in [6.45, 7) is 0. The van der Waals surface area contributed by atoms with Gasteiger partial charge in [0, 0.05) is 11.8 Å².